The topological polar surface area (TPSA) is 38.0 Å². The predicted molar refractivity (Wildman–Crippen MR) is 61.9 cm³/mol. The van der Waals surface area contributed by atoms with Gasteiger partial charge in [0.1, 0.15) is 5.82 Å². The lowest BCUT2D eigenvalue weighted by Gasteiger charge is -2.34. The van der Waals surface area contributed by atoms with Gasteiger partial charge in [-0.15, -0.1) is 0 Å². The van der Waals surface area contributed by atoms with Crippen LogP contribution in [0.3, 0.4) is 0 Å². The summed E-state index contributed by atoms with van der Waals surface area (Å²) in [5, 5.41) is 9.70. The largest absolute Gasteiger partial charge is 0.391 e. The Labute approximate surface area is 94.4 Å². The molecule has 1 saturated carbocycles. The molecule has 1 aromatic carbocycles. The molecule has 0 aliphatic heterocycles. The van der Waals surface area contributed by atoms with Crippen molar-refractivity contribution in [3.05, 3.63) is 42.7 Å². The molecular formula is C13H14N2O. The third-order valence-electron chi connectivity index (χ3n) is 3.26. The number of aromatic nitrogens is 2. The summed E-state index contributed by atoms with van der Waals surface area (Å²) < 4.78 is 2.09. The van der Waals surface area contributed by atoms with Crippen molar-refractivity contribution in [2.45, 2.75) is 25.0 Å². The van der Waals surface area contributed by atoms with E-state index in [1.807, 2.05) is 36.5 Å². The van der Waals surface area contributed by atoms with Gasteiger partial charge >= 0.3 is 0 Å². The number of nitrogens with zero attached hydrogens (tertiary/aromatic N) is 2. The molecule has 2 atom stereocenters. The summed E-state index contributed by atoms with van der Waals surface area (Å²) in [6.45, 7) is 0. The quantitative estimate of drug-likeness (QED) is 0.832. The molecule has 1 aliphatic carbocycles. The van der Waals surface area contributed by atoms with Gasteiger partial charge in [0.05, 0.1) is 12.1 Å². The van der Waals surface area contributed by atoms with E-state index in [4.69, 9.17) is 0 Å². The van der Waals surface area contributed by atoms with Crippen LogP contribution in [0.4, 0.5) is 0 Å². The first-order chi connectivity index (χ1) is 7.86. The number of hydrogen-bond acceptors (Lipinski definition) is 2. The van der Waals surface area contributed by atoms with Crippen LogP contribution in [-0.2, 0) is 0 Å². The van der Waals surface area contributed by atoms with Gasteiger partial charge < -0.3 is 9.67 Å². The minimum Gasteiger partial charge on any atom is -0.391 e. The van der Waals surface area contributed by atoms with E-state index in [2.05, 4.69) is 9.55 Å². The Morgan fingerprint density at radius 2 is 2.00 bits per heavy atom. The molecule has 0 spiro atoms. The summed E-state index contributed by atoms with van der Waals surface area (Å²) in [5.41, 5.74) is 1.10. The Balaban J connectivity index is 2.00. The highest BCUT2D eigenvalue weighted by molar-refractivity contribution is 5.55. The van der Waals surface area contributed by atoms with Crippen LogP contribution in [0, 0.1) is 0 Å². The first-order valence-corrected chi connectivity index (χ1v) is 5.62. The zero-order chi connectivity index (χ0) is 11.0. The number of hydrogen-bond donors (Lipinski definition) is 1. The molecule has 0 radical (unpaired) electrons. The van der Waals surface area contributed by atoms with Crippen LogP contribution in [0.2, 0.25) is 0 Å². The molecule has 2 aromatic rings. The minimum atomic E-state index is -0.211. The van der Waals surface area contributed by atoms with E-state index in [9.17, 15) is 5.11 Å². The van der Waals surface area contributed by atoms with Gasteiger partial charge in [0, 0.05) is 18.0 Å². The smallest absolute Gasteiger partial charge is 0.140 e. The molecule has 3 nitrogen and oxygen atoms in total. The predicted octanol–water partition coefficient (Wildman–Crippen LogP) is 2.25. The molecule has 1 heterocycles. The summed E-state index contributed by atoms with van der Waals surface area (Å²) >= 11 is 0. The average Bonchev–Trinajstić information content (AvgIpc) is 2.77. The van der Waals surface area contributed by atoms with Crippen LogP contribution in [0.5, 0.6) is 0 Å². The molecular weight excluding hydrogens is 200 g/mol. The summed E-state index contributed by atoms with van der Waals surface area (Å²) in [5.74, 6) is 0.948. The Hall–Kier alpha value is -1.61. The molecule has 0 bridgehead atoms. The van der Waals surface area contributed by atoms with Crippen molar-refractivity contribution < 1.29 is 5.11 Å². The van der Waals surface area contributed by atoms with Gasteiger partial charge in [0.25, 0.3) is 0 Å². The molecule has 3 heteroatoms. The van der Waals surface area contributed by atoms with E-state index in [1.54, 1.807) is 6.20 Å². The van der Waals surface area contributed by atoms with Gasteiger partial charge in [0.15, 0.2) is 0 Å². The van der Waals surface area contributed by atoms with Crippen molar-refractivity contribution in [1.82, 2.24) is 9.55 Å². The molecule has 0 amide bonds. The molecule has 0 saturated heterocycles. The fraction of sp³-hybridized carbons (Fsp3) is 0.308. The van der Waals surface area contributed by atoms with Crippen molar-refractivity contribution in [2.75, 3.05) is 0 Å². The Morgan fingerprint density at radius 3 is 2.62 bits per heavy atom. The van der Waals surface area contributed by atoms with Crippen LogP contribution in [-0.4, -0.2) is 20.8 Å². The fourth-order valence-corrected chi connectivity index (χ4v) is 2.18. The second kappa shape index (κ2) is 3.76. The molecule has 1 aromatic heterocycles. The third-order valence-corrected chi connectivity index (χ3v) is 3.26. The average molecular weight is 214 g/mol. The molecule has 82 valence electrons. The van der Waals surface area contributed by atoms with Crippen LogP contribution in [0.1, 0.15) is 18.9 Å². The van der Waals surface area contributed by atoms with E-state index in [0.29, 0.717) is 0 Å². The molecule has 0 unspecified atom stereocenters. The van der Waals surface area contributed by atoms with E-state index in [1.165, 1.54) is 0 Å². The first kappa shape index (κ1) is 9.60. The zero-order valence-electron chi connectivity index (χ0n) is 8.95. The number of benzene rings is 1. The van der Waals surface area contributed by atoms with Gasteiger partial charge in [-0.25, -0.2) is 4.98 Å². The highest BCUT2D eigenvalue weighted by atomic mass is 16.3. The zero-order valence-corrected chi connectivity index (χ0v) is 8.95. The number of imidazole rings is 1. The SMILES string of the molecule is O[C@@H]1CC[C@H]1n1ccnc1-c1ccccc1. The fourth-order valence-electron chi connectivity index (χ4n) is 2.18. The lowest BCUT2D eigenvalue weighted by atomic mass is 9.89. The maximum atomic E-state index is 9.70. The Kier molecular flexibility index (Phi) is 2.26. The monoisotopic (exact) mass is 214 g/mol. The van der Waals surface area contributed by atoms with E-state index in [0.717, 1.165) is 24.2 Å². The van der Waals surface area contributed by atoms with E-state index >= 15 is 0 Å². The summed E-state index contributed by atoms with van der Waals surface area (Å²) in [4.78, 5) is 4.38. The molecule has 1 fully saturated rings. The lowest BCUT2D eigenvalue weighted by molar-refractivity contribution is 0.0324. The highest BCUT2D eigenvalue weighted by Gasteiger charge is 2.31. The summed E-state index contributed by atoms with van der Waals surface area (Å²) in [6, 6.07) is 10.3. The van der Waals surface area contributed by atoms with Crippen LogP contribution >= 0.6 is 0 Å². The molecule has 16 heavy (non-hydrogen) atoms. The highest BCUT2D eigenvalue weighted by Crippen LogP contribution is 2.35. The maximum absolute atomic E-state index is 9.70. The second-order valence-electron chi connectivity index (χ2n) is 4.24. The minimum absolute atomic E-state index is 0.206. The van der Waals surface area contributed by atoms with Gasteiger partial charge in [-0.05, 0) is 12.8 Å². The lowest BCUT2D eigenvalue weighted by Crippen LogP contribution is -2.33. The number of aliphatic hydroxyl groups excluding tert-OH is 1. The van der Waals surface area contributed by atoms with Crippen molar-refractivity contribution in [3.63, 3.8) is 0 Å². The van der Waals surface area contributed by atoms with Crippen molar-refractivity contribution in [3.8, 4) is 11.4 Å². The molecule has 1 aliphatic rings. The summed E-state index contributed by atoms with van der Waals surface area (Å²) in [6.07, 6.45) is 5.48. The standard InChI is InChI=1S/C13H14N2O/c16-12-7-6-11(12)15-9-8-14-13(15)10-4-2-1-3-5-10/h1-5,8-9,11-12,16H,6-7H2/t11-,12-/m1/s1. The van der Waals surface area contributed by atoms with Gasteiger partial charge in [0.2, 0.25) is 0 Å². The van der Waals surface area contributed by atoms with Gasteiger partial charge in [-0.3, -0.25) is 0 Å². The first-order valence-electron chi connectivity index (χ1n) is 5.62. The summed E-state index contributed by atoms with van der Waals surface area (Å²) in [7, 11) is 0. The number of rotatable bonds is 2. The second-order valence-corrected chi connectivity index (χ2v) is 4.24. The number of aliphatic hydroxyl groups is 1. The van der Waals surface area contributed by atoms with Crippen LogP contribution in [0.15, 0.2) is 42.7 Å². The Morgan fingerprint density at radius 1 is 1.19 bits per heavy atom. The van der Waals surface area contributed by atoms with E-state index < -0.39 is 0 Å². The van der Waals surface area contributed by atoms with Gasteiger partial charge in [-0.1, -0.05) is 30.3 Å². The molecule has 1 N–H and O–H groups in total. The maximum Gasteiger partial charge on any atom is 0.140 e. The third kappa shape index (κ3) is 1.44. The molecule has 3 rings (SSSR count). The van der Waals surface area contributed by atoms with E-state index in [-0.39, 0.29) is 12.1 Å². The Bertz CT molecular complexity index is 478. The normalized spacial score (nSPS) is 24.1. The van der Waals surface area contributed by atoms with Crippen molar-refractivity contribution >= 4 is 0 Å². The van der Waals surface area contributed by atoms with Gasteiger partial charge in [-0.2, -0.15) is 0 Å². The van der Waals surface area contributed by atoms with Crippen LogP contribution < -0.4 is 0 Å². The van der Waals surface area contributed by atoms with Crippen molar-refractivity contribution in [2.24, 2.45) is 0 Å². The van der Waals surface area contributed by atoms with Crippen LogP contribution in [0.25, 0.3) is 11.4 Å². The van der Waals surface area contributed by atoms with Crippen molar-refractivity contribution in [1.29, 1.82) is 0 Å².